The number of rotatable bonds is 12. The summed E-state index contributed by atoms with van der Waals surface area (Å²) in [5.74, 6) is -1.22. The molecular formula is C28H30N2O7. The zero-order chi connectivity index (χ0) is 26.5. The van der Waals surface area contributed by atoms with Gasteiger partial charge < -0.3 is 30.0 Å². The molecule has 194 valence electrons. The summed E-state index contributed by atoms with van der Waals surface area (Å²) in [5, 5.41) is 14.7. The number of methoxy groups -OCH3 is 1. The van der Waals surface area contributed by atoms with E-state index in [2.05, 4.69) is 10.6 Å². The third-order valence-electron chi connectivity index (χ3n) is 5.40. The number of aromatic hydroxyl groups is 1. The number of phenols is 1. The summed E-state index contributed by atoms with van der Waals surface area (Å²) in [5.41, 5.74) is 2.38. The van der Waals surface area contributed by atoms with Crippen LogP contribution in [0.5, 0.6) is 5.75 Å². The van der Waals surface area contributed by atoms with E-state index in [0.29, 0.717) is 5.56 Å². The van der Waals surface area contributed by atoms with Crippen molar-refractivity contribution in [3.8, 4) is 5.75 Å². The Morgan fingerprint density at radius 2 is 1.35 bits per heavy atom. The number of benzene rings is 3. The van der Waals surface area contributed by atoms with Crippen LogP contribution in [0, 0.1) is 0 Å². The van der Waals surface area contributed by atoms with Gasteiger partial charge in [0.15, 0.2) is 0 Å². The van der Waals surface area contributed by atoms with Crippen LogP contribution in [0.2, 0.25) is 0 Å². The summed E-state index contributed by atoms with van der Waals surface area (Å²) in [4.78, 5) is 38.0. The number of hydrogen-bond donors (Lipinski definition) is 3. The Morgan fingerprint density at radius 3 is 1.95 bits per heavy atom. The standard InChI is InChI=1S/C28H30N2O7/c1-35-27(33)24(16-20-12-14-23(31)15-13-20)29-26(32)25(19-36-17-21-8-4-2-5-9-21)30-28(34)37-18-22-10-6-3-7-11-22/h2-15,24-25,31H,16-19H2,1H3,(H,29,32)(H,30,34)/t24-,25+/m1/s1. The van der Waals surface area contributed by atoms with Gasteiger partial charge in [0, 0.05) is 6.42 Å². The smallest absolute Gasteiger partial charge is 0.408 e. The van der Waals surface area contributed by atoms with E-state index in [1.807, 2.05) is 60.7 Å². The van der Waals surface area contributed by atoms with Gasteiger partial charge in [0.1, 0.15) is 24.4 Å². The molecule has 0 saturated carbocycles. The van der Waals surface area contributed by atoms with Crippen molar-refractivity contribution in [3.05, 3.63) is 102 Å². The lowest BCUT2D eigenvalue weighted by Gasteiger charge is -2.22. The molecule has 3 aromatic carbocycles. The van der Waals surface area contributed by atoms with Crippen LogP contribution < -0.4 is 10.6 Å². The lowest BCUT2D eigenvalue weighted by molar-refractivity contribution is -0.145. The van der Waals surface area contributed by atoms with Gasteiger partial charge in [-0.2, -0.15) is 0 Å². The van der Waals surface area contributed by atoms with Crippen molar-refractivity contribution in [1.29, 1.82) is 0 Å². The highest BCUT2D eigenvalue weighted by Gasteiger charge is 2.28. The molecule has 0 unspecified atom stereocenters. The van der Waals surface area contributed by atoms with E-state index in [-0.39, 0.29) is 32.0 Å². The number of alkyl carbamates (subject to hydrolysis) is 1. The molecule has 3 aromatic rings. The minimum absolute atomic E-state index is 0.0253. The van der Waals surface area contributed by atoms with Gasteiger partial charge in [-0.25, -0.2) is 9.59 Å². The van der Waals surface area contributed by atoms with Crippen molar-refractivity contribution in [2.24, 2.45) is 0 Å². The van der Waals surface area contributed by atoms with Crippen molar-refractivity contribution in [3.63, 3.8) is 0 Å². The van der Waals surface area contributed by atoms with Gasteiger partial charge in [0.25, 0.3) is 0 Å². The number of amides is 2. The Hall–Kier alpha value is -4.37. The fraction of sp³-hybridized carbons (Fsp3) is 0.250. The molecule has 0 radical (unpaired) electrons. The molecule has 9 heteroatoms. The number of carbonyl (C=O) groups is 3. The monoisotopic (exact) mass is 506 g/mol. The number of nitrogens with one attached hydrogen (secondary N) is 2. The molecule has 0 aliphatic heterocycles. The molecule has 0 bridgehead atoms. The molecule has 0 aliphatic rings. The Balaban J connectivity index is 1.66. The van der Waals surface area contributed by atoms with Crippen LogP contribution in [0.3, 0.4) is 0 Å². The molecule has 0 spiro atoms. The largest absolute Gasteiger partial charge is 0.508 e. The first-order valence-corrected chi connectivity index (χ1v) is 11.7. The van der Waals surface area contributed by atoms with E-state index in [4.69, 9.17) is 14.2 Å². The number of esters is 1. The van der Waals surface area contributed by atoms with Gasteiger partial charge in [0.2, 0.25) is 5.91 Å². The number of hydrogen-bond acceptors (Lipinski definition) is 7. The van der Waals surface area contributed by atoms with E-state index in [1.165, 1.54) is 19.2 Å². The minimum Gasteiger partial charge on any atom is -0.508 e. The van der Waals surface area contributed by atoms with Gasteiger partial charge in [-0.05, 0) is 28.8 Å². The maximum atomic E-state index is 13.2. The topological polar surface area (TPSA) is 123 Å². The number of phenolic OH excluding ortho intramolecular Hbond substituents is 1. The van der Waals surface area contributed by atoms with Crippen LogP contribution in [0.15, 0.2) is 84.9 Å². The lowest BCUT2D eigenvalue weighted by Crippen LogP contribution is -2.54. The summed E-state index contributed by atoms with van der Waals surface area (Å²) >= 11 is 0. The Kier molecular flexibility index (Phi) is 10.5. The van der Waals surface area contributed by atoms with Crippen molar-refractivity contribution < 1.29 is 33.7 Å². The molecule has 2 amide bonds. The van der Waals surface area contributed by atoms with Crippen LogP contribution in [0.25, 0.3) is 0 Å². The Labute approximate surface area is 215 Å². The van der Waals surface area contributed by atoms with Crippen molar-refractivity contribution in [2.75, 3.05) is 13.7 Å². The van der Waals surface area contributed by atoms with Gasteiger partial charge >= 0.3 is 12.1 Å². The van der Waals surface area contributed by atoms with Gasteiger partial charge in [-0.3, -0.25) is 4.79 Å². The second-order valence-corrected chi connectivity index (χ2v) is 8.21. The summed E-state index contributed by atoms with van der Waals surface area (Å²) in [6.07, 6.45) is -0.685. The van der Waals surface area contributed by atoms with E-state index in [0.717, 1.165) is 11.1 Å². The fourth-order valence-corrected chi connectivity index (χ4v) is 3.43. The van der Waals surface area contributed by atoms with E-state index in [1.54, 1.807) is 12.1 Å². The van der Waals surface area contributed by atoms with Gasteiger partial charge in [0.05, 0.1) is 20.3 Å². The molecule has 0 aromatic heterocycles. The molecule has 0 aliphatic carbocycles. The highest BCUT2D eigenvalue weighted by Crippen LogP contribution is 2.12. The fourth-order valence-electron chi connectivity index (χ4n) is 3.43. The molecule has 2 atom stereocenters. The maximum absolute atomic E-state index is 13.2. The van der Waals surface area contributed by atoms with Crippen LogP contribution in [0.4, 0.5) is 4.79 Å². The van der Waals surface area contributed by atoms with E-state index < -0.39 is 30.1 Å². The highest BCUT2D eigenvalue weighted by atomic mass is 16.5. The summed E-state index contributed by atoms with van der Waals surface area (Å²) in [6.45, 7) is 0.0884. The first kappa shape index (κ1) is 27.2. The first-order chi connectivity index (χ1) is 17.9. The average molecular weight is 507 g/mol. The maximum Gasteiger partial charge on any atom is 0.408 e. The number of ether oxygens (including phenoxy) is 3. The summed E-state index contributed by atoms with van der Waals surface area (Å²) < 4.78 is 15.8. The second-order valence-electron chi connectivity index (χ2n) is 8.21. The zero-order valence-electron chi connectivity index (χ0n) is 20.5. The molecule has 0 fully saturated rings. The summed E-state index contributed by atoms with van der Waals surface area (Å²) in [7, 11) is 1.22. The van der Waals surface area contributed by atoms with Crippen molar-refractivity contribution in [2.45, 2.75) is 31.7 Å². The van der Waals surface area contributed by atoms with Crippen LogP contribution in [-0.2, 0) is 43.4 Å². The van der Waals surface area contributed by atoms with Gasteiger partial charge in [-0.1, -0.05) is 72.8 Å². The minimum atomic E-state index is -1.14. The quantitative estimate of drug-likeness (QED) is 0.323. The first-order valence-electron chi connectivity index (χ1n) is 11.7. The third-order valence-corrected chi connectivity index (χ3v) is 5.40. The third kappa shape index (κ3) is 9.30. The molecule has 9 nitrogen and oxygen atoms in total. The number of carbonyl (C=O) groups excluding carboxylic acids is 3. The molecule has 37 heavy (non-hydrogen) atoms. The molecule has 3 rings (SSSR count). The normalized spacial score (nSPS) is 12.1. The van der Waals surface area contributed by atoms with Gasteiger partial charge in [-0.15, -0.1) is 0 Å². The lowest BCUT2D eigenvalue weighted by atomic mass is 10.1. The zero-order valence-corrected chi connectivity index (χ0v) is 20.5. The Morgan fingerprint density at radius 1 is 0.757 bits per heavy atom. The molecule has 0 heterocycles. The molecule has 3 N–H and O–H groups in total. The molecule has 0 saturated heterocycles. The predicted molar refractivity (Wildman–Crippen MR) is 135 cm³/mol. The van der Waals surface area contributed by atoms with E-state index in [9.17, 15) is 19.5 Å². The highest BCUT2D eigenvalue weighted by molar-refractivity contribution is 5.89. The van der Waals surface area contributed by atoms with Crippen molar-refractivity contribution in [1.82, 2.24) is 10.6 Å². The summed E-state index contributed by atoms with van der Waals surface area (Å²) in [6, 6.07) is 22.6. The average Bonchev–Trinajstić information content (AvgIpc) is 2.92. The van der Waals surface area contributed by atoms with Crippen LogP contribution in [0.1, 0.15) is 16.7 Å². The van der Waals surface area contributed by atoms with Crippen LogP contribution in [-0.4, -0.2) is 48.9 Å². The second kappa shape index (κ2) is 14.3. The molecular weight excluding hydrogens is 476 g/mol. The Bertz CT molecular complexity index is 1140. The van der Waals surface area contributed by atoms with Crippen molar-refractivity contribution >= 4 is 18.0 Å². The van der Waals surface area contributed by atoms with Crippen LogP contribution >= 0.6 is 0 Å². The SMILES string of the molecule is COC(=O)[C@@H](Cc1ccc(O)cc1)NC(=O)[C@H](COCc1ccccc1)NC(=O)OCc1ccccc1. The predicted octanol–water partition coefficient (Wildman–Crippen LogP) is 3.10. The van der Waals surface area contributed by atoms with E-state index >= 15 is 0 Å².